The molecule has 10 heteroatoms. The molecular formula is C23H31F3N4O3. The van der Waals surface area contributed by atoms with Crippen molar-refractivity contribution in [1.82, 2.24) is 14.7 Å². The van der Waals surface area contributed by atoms with Crippen LogP contribution in [0.1, 0.15) is 32.4 Å². The van der Waals surface area contributed by atoms with Crippen LogP contribution in [-0.4, -0.2) is 79.2 Å². The minimum Gasteiger partial charge on any atom is -0.406 e. The van der Waals surface area contributed by atoms with Crippen molar-refractivity contribution < 1.29 is 27.4 Å². The molecule has 0 aliphatic carbocycles. The average Bonchev–Trinajstić information content (AvgIpc) is 3.17. The average molecular weight is 469 g/mol. The zero-order chi connectivity index (χ0) is 23.6. The van der Waals surface area contributed by atoms with Crippen LogP contribution in [0.4, 0.5) is 19.0 Å². The number of benzene rings is 1. The van der Waals surface area contributed by atoms with Gasteiger partial charge in [-0.1, -0.05) is 13.8 Å². The third-order valence-electron chi connectivity index (χ3n) is 5.97. The van der Waals surface area contributed by atoms with Crippen LogP contribution in [0.5, 0.6) is 5.75 Å². The van der Waals surface area contributed by atoms with Crippen molar-refractivity contribution in [2.45, 2.75) is 38.7 Å². The van der Waals surface area contributed by atoms with E-state index in [0.29, 0.717) is 12.3 Å². The second kappa shape index (κ2) is 9.52. The molecule has 0 amide bonds. The number of aromatic nitrogens is 2. The molecule has 0 atom stereocenters. The largest absolute Gasteiger partial charge is 0.573 e. The molecule has 2 aliphatic rings. The Morgan fingerprint density at radius 2 is 1.79 bits per heavy atom. The van der Waals surface area contributed by atoms with E-state index in [1.165, 1.54) is 12.1 Å². The maximum Gasteiger partial charge on any atom is 0.573 e. The minimum atomic E-state index is -4.71. The summed E-state index contributed by atoms with van der Waals surface area (Å²) in [4.78, 5) is 4.52. The van der Waals surface area contributed by atoms with E-state index in [2.05, 4.69) is 35.3 Å². The zero-order valence-electron chi connectivity index (χ0n) is 19.3. The third kappa shape index (κ3) is 5.99. The summed E-state index contributed by atoms with van der Waals surface area (Å²) in [6.07, 6.45) is -4.71. The molecule has 0 radical (unpaired) electrons. The number of morpholine rings is 1. The highest BCUT2D eigenvalue weighted by Gasteiger charge is 2.41. The lowest BCUT2D eigenvalue weighted by molar-refractivity contribution is -0.274. The van der Waals surface area contributed by atoms with Crippen LogP contribution in [0.15, 0.2) is 30.3 Å². The molecule has 182 valence electrons. The van der Waals surface area contributed by atoms with Crippen LogP contribution >= 0.6 is 0 Å². The van der Waals surface area contributed by atoms with E-state index < -0.39 is 6.36 Å². The number of rotatable bonds is 8. The molecule has 33 heavy (non-hydrogen) atoms. The number of ether oxygens (including phenoxy) is 3. The normalized spacial score (nSPS) is 19.1. The van der Waals surface area contributed by atoms with Crippen LogP contribution in [-0.2, 0) is 9.47 Å². The molecule has 0 bridgehead atoms. The fraction of sp³-hybridized carbons (Fsp3) is 0.609. The standard InChI is InChI=1S/C23H31F3N4O3/c1-17(2)20-14-21(27-30(20)18-4-6-19(7-5-18)33-23(24,25)26)29-15-22(3,16-29)32-13-10-28-8-11-31-12-9-28/h4-7,14,17H,8-13,15-16H2,1-3H3. The van der Waals surface area contributed by atoms with Gasteiger partial charge in [0.1, 0.15) is 11.4 Å². The van der Waals surface area contributed by atoms with Crippen molar-refractivity contribution in [3.63, 3.8) is 0 Å². The topological polar surface area (TPSA) is 52.0 Å². The van der Waals surface area contributed by atoms with Gasteiger partial charge < -0.3 is 19.1 Å². The summed E-state index contributed by atoms with van der Waals surface area (Å²) < 4.78 is 54.6. The van der Waals surface area contributed by atoms with Gasteiger partial charge in [-0.05, 0) is 37.1 Å². The Labute approximate surface area is 192 Å². The van der Waals surface area contributed by atoms with E-state index in [9.17, 15) is 13.2 Å². The zero-order valence-corrected chi connectivity index (χ0v) is 19.3. The van der Waals surface area contributed by atoms with E-state index in [1.54, 1.807) is 16.8 Å². The summed E-state index contributed by atoms with van der Waals surface area (Å²) in [5, 5.41) is 4.75. The summed E-state index contributed by atoms with van der Waals surface area (Å²) in [6, 6.07) is 7.81. The van der Waals surface area contributed by atoms with Gasteiger partial charge in [-0.3, -0.25) is 4.90 Å². The van der Waals surface area contributed by atoms with Gasteiger partial charge in [0.2, 0.25) is 0 Å². The van der Waals surface area contributed by atoms with E-state index in [0.717, 1.165) is 57.4 Å². The van der Waals surface area contributed by atoms with Crippen molar-refractivity contribution in [3.8, 4) is 11.4 Å². The first-order chi connectivity index (χ1) is 15.6. The molecule has 4 rings (SSSR count). The van der Waals surface area contributed by atoms with E-state index >= 15 is 0 Å². The second-order valence-electron chi connectivity index (χ2n) is 9.14. The molecule has 0 saturated carbocycles. The summed E-state index contributed by atoms with van der Waals surface area (Å²) in [7, 11) is 0. The molecule has 2 aromatic rings. The summed E-state index contributed by atoms with van der Waals surface area (Å²) in [5.41, 5.74) is 1.45. The third-order valence-corrected chi connectivity index (χ3v) is 5.97. The fourth-order valence-corrected chi connectivity index (χ4v) is 4.20. The van der Waals surface area contributed by atoms with Crippen LogP contribution in [0.25, 0.3) is 5.69 Å². The Morgan fingerprint density at radius 3 is 2.39 bits per heavy atom. The quantitative estimate of drug-likeness (QED) is 0.587. The van der Waals surface area contributed by atoms with Gasteiger partial charge in [0.25, 0.3) is 0 Å². The number of halogens is 3. The Morgan fingerprint density at radius 1 is 1.12 bits per heavy atom. The lowest BCUT2D eigenvalue weighted by atomic mass is 9.96. The predicted molar refractivity (Wildman–Crippen MR) is 118 cm³/mol. The lowest BCUT2D eigenvalue weighted by Crippen LogP contribution is -2.62. The monoisotopic (exact) mass is 468 g/mol. The maximum atomic E-state index is 12.4. The highest BCUT2D eigenvalue weighted by molar-refractivity contribution is 5.49. The smallest absolute Gasteiger partial charge is 0.406 e. The summed E-state index contributed by atoms with van der Waals surface area (Å²) >= 11 is 0. The molecule has 3 heterocycles. The Kier molecular flexibility index (Phi) is 6.88. The first-order valence-electron chi connectivity index (χ1n) is 11.3. The fourth-order valence-electron chi connectivity index (χ4n) is 4.20. The molecule has 1 aromatic heterocycles. The molecule has 2 saturated heterocycles. The first-order valence-corrected chi connectivity index (χ1v) is 11.3. The minimum absolute atomic E-state index is 0.190. The molecule has 7 nitrogen and oxygen atoms in total. The number of hydrogen-bond acceptors (Lipinski definition) is 6. The Bertz CT molecular complexity index is 918. The number of hydrogen-bond donors (Lipinski definition) is 0. The highest BCUT2D eigenvalue weighted by atomic mass is 19.4. The van der Waals surface area contributed by atoms with Gasteiger partial charge in [0.05, 0.1) is 38.6 Å². The van der Waals surface area contributed by atoms with E-state index in [4.69, 9.17) is 14.6 Å². The van der Waals surface area contributed by atoms with Gasteiger partial charge in [0.15, 0.2) is 5.82 Å². The predicted octanol–water partition coefficient (Wildman–Crippen LogP) is 3.82. The molecular weight excluding hydrogens is 437 g/mol. The van der Waals surface area contributed by atoms with Crippen molar-refractivity contribution in [3.05, 3.63) is 36.0 Å². The summed E-state index contributed by atoms with van der Waals surface area (Å²) in [5.74, 6) is 0.774. The number of alkyl halides is 3. The van der Waals surface area contributed by atoms with Crippen molar-refractivity contribution >= 4 is 5.82 Å². The van der Waals surface area contributed by atoms with Crippen LogP contribution in [0.2, 0.25) is 0 Å². The van der Waals surface area contributed by atoms with Gasteiger partial charge in [-0.25, -0.2) is 4.68 Å². The van der Waals surface area contributed by atoms with Gasteiger partial charge in [-0.15, -0.1) is 13.2 Å². The molecule has 0 spiro atoms. The second-order valence-corrected chi connectivity index (χ2v) is 9.14. The Balaban J connectivity index is 1.38. The van der Waals surface area contributed by atoms with E-state index in [-0.39, 0.29) is 17.3 Å². The van der Waals surface area contributed by atoms with Crippen LogP contribution in [0.3, 0.4) is 0 Å². The van der Waals surface area contributed by atoms with Crippen molar-refractivity contribution in [2.24, 2.45) is 0 Å². The molecule has 0 N–H and O–H groups in total. The van der Waals surface area contributed by atoms with Crippen molar-refractivity contribution in [1.29, 1.82) is 0 Å². The van der Waals surface area contributed by atoms with Crippen LogP contribution in [0, 0.1) is 0 Å². The number of nitrogens with zero attached hydrogens (tertiary/aromatic N) is 4. The highest BCUT2D eigenvalue weighted by Crippen LogP contribution is 2.33. The van der Waals surface area contributed by atoms with E-state index in [1.807, 2.05) is 6.07 Å². The molecule has 2 aliphatic heterocycles. The number of anilines is 1. The van der Waals surface area contributed by atoms with Gasteiger partial charge in [-0.2, -0.15) is 5.10 Å². The van der Waals surface area contributed by atoms with Crippen molar-refractivity contribution in [2.75, 3.05) is 57.4 Å². The maximum absolute atomic E-state index is 12.4. The molecule has 2 fully saturated rings. The Hall–Kier alpha value is -2.30. The van der Waals surface area contributed by atoms with Gasteiger partial charge >= 0.3 is 6.36 Å². The first kappa shape index (κ1) is 23.8. The van der Waals surface area contributed by atoms with Gasteiger partial charge in [0, 0.05) is 31.4 Å². The SMILES string of the molecule is CC(C)c1cc(N2CC(C)(OCCN3CCOCC3)C2)nn1-c1ccc(OC(F)(F)F)cc1. The molecule has 0 unspecified atom stereocenters. The summed E-state index contributed by atoms with van der Waals surface area (Å²) in [6.45, 7) is 12.8. The lowest BCUT2D eigenvalue weighted by Gasteiger charge is -2.48. The van der Waals surface area contributed by atoms with Crippen LogP contribution < -0.4 is 9.64 Å². The molecule has 1 aromatic carbocycles.